The minimum atomic E-state index is -0.954. The Morgan fingerprint density at radius 1 is 1.15 bits per heavy atom. The third kappa shape index (κ3) is 7.50. The number of carbonyl (C=O) groups excluding carboxylic acids is 2. The summed E-state index contributed by atoms with van der Waals surface area (Å²) in [7, 11) is 1.95. The van der Waals surface area contributed by atoms with Gasteiger partial charge in [-0.15, -0.1) is 0 Å². The summed E-state index contributed by atoms with van der Waals surface area (Å²) < 4.78 is 2.60. The van der Waals surface area contributed by atoms with E-state index in [-0.39, 0.29) is 12.3 Å². The van der Waals surface area contributed by atoms with Crippen LogP contribution < -0.4 is 5.11 Å². The molecule has 0 N–H and O–H groups in total. The monoisotopic (exact) mass is 407 g/mol. The van der Waals surface area contributed by atoms with Crippen molar-refractivity contribution in [2.45, 2.75) is 57.8 Å². The molecule has 0 aliphatic carbocycles. The first-order chi connectivity index (χ1) is 13.0. The summed E-state index contributed by atoms with van der Waals surface area (Å²) in [6.07, 6.45) is 14.2. The van der Waals surface area contributed by atoms with Gasteiger partial charge in [-0.05, 0) is 37.0 Å². The van der Waals surface area contributed by atoms with Crippen LogP contribution in [0.25, 0.3) is 6.08 Å². The van der Waals surface area contributed by atoms with Gasteiger partial charge in [-0.2, -0.15) is 0 Å². The molecule has 0 aromatic carbocycles. The molecule has 1 aromatic heterocycles. The summed E-state index contributed by atoms with van der Waals surface area (Å²) in [5.74, 6) is -0.939. The first-order valence-electron chi connectivity index (χ1n) is 9.54. The zero-order chi connectivity index (χ0) is 19.6. The van der Waals surface area contributed by atoms with Crippen molar-refractivity contribution < 1.29 is 14.7 Å². The van der Waals surface area contributed by atoms with Crippen molar-refractivity contribution in [1.29, 1.82) is 0 Å². The fourth-order valence-corrected chi connectivity index (χ4v) is 4.36. The lowest BCUT2D eigenvalue weighted by molar-refractivity contribution is -0.305. The van der Waals surface area contributed by atoms with Crippen LogP contribution in [0.2, 0.25) is 0 Å². The largest absolute Gasteiger partial charge is 0.550 e. The van der Waals surface area contributed by atoms with Crippen LogP contribution in [0.5, 0.6) is 0 Å². The summed E-state index contributed by atoms with van der Waals surface area (Å²) in [4.78, 5) is 25.3. The number of aliphatic carboxylic acids is 1. The summed E-state index contributed by atoms with van der Waals surface area (Å²) in [6, 6.07) is 1.98. The standard InChI is InChI=1S/C20H28N2O3S2/c1-21-13-11-16(15-21)14-17-19(25)22(20(26)27-17)12-9-7-5-3-2-4-6-8-10-18(23)24/h11,13-15H,2-10,12H2,1H3,(H,23,24)/p-1/b17-14+. The van der Waals surface area contributed by atoms with Gasteiger partial charge in [0.25, 0.3) is 5.91 Å². The SMILES string of the molecule is Cn1ccc(/C=C2/SC(=S)N(CCCCCCCCCCC(=O)[O-])C2=O)c1. The minimum absolute atomic E-state index is 0.0155. The van der Waals surface area contributed by atoms with Crippen molar-refractivity contribution >= 4 is 46.3 Å². The Bertz CT molecular complexity index is 697. The maximum Gasteiger partial charge on any atom is 0.266 e. The number of amides is 1. The Morgan fingerprint density at radius 3 is 2.37 bits per heavy atom. The van der Waals surface area contributed by atoms with Crippen molar-refractivity contribution in [1.82, 2.24) is 9.47 Å². The van der Waals surface area contributed by atoms with Crippen LogP contribution in [0.15, 0.2) is 23.4 Å². The van der Waals surface area contributed by atoms with Gasteiger partial charge in [0.2, 0.25) is 0 Å². The van der Waals surface area contributed by atoms with Crippen molar-refractivity contribution in [2.75, 3.05) is 6.54 Å². The quantitative estimate of drug-likeness (QED) is 0.301. The number of carboxylic acid groups (broad SMARTS) is 1. The lowest BCUT2D eigenvalue weighted by Gasteiger charge is -2.14. The Kier molecular flexibility index (Phi) is 9.07. The zero-order valence-electron chi connectivity index (χ0n) is 15.8. The Labute approximate surface area is 170 Å². The first kappa shape index (κ1) is 21.7. The van der Waals surface area contributed by atoms with Gasteiger partial charge in [0.05, 0.1) is 4.91 Å². The molecule has 0 atom stereocenters. The fraction of sp³-hybridized carbons (Fsp3) is 0.550. The molecule has 7 heteroatoms. The van der Waals surface area contributed by atoms with E-state index in [2.05, 4.69) is 0 Å². The van der Waals surface area contributed by atoms with E-state index >= 15 is 0 Å². The van der Waals surface area contributed by atoms with Crippen LogP contribution >= 0.6 is 24.0 Å². The van der Waals surface area contributed by atoms with E-state index < -0.39 is 5.97 Å². The van der Waals surface area contributed by atoms with Gasteiger partial charge in [0.1, 0.15) is 4.32 Å². The van der Waals surface area contributed by atoms with E-state index in [1.165, 1.54) is 11.8 Å². The second-order valence-electron chi connectivity index (χ2n) is 6.89. The summed E-state index contributed by atoms with van der Waals surface area (Å²) >= 11 is 6.75. The molecule has 1 amide bonds. The highest BCUT2D eigenvalue weighted by Crippen LogP contribution is 2.32. The third-order valence-corrected chi connectivity index (χ3v) is 5.92. The van der Waals surface area contributed by atoms with Crippen LogP contribution in [0.3, 0.4) is 0 Å². The number of hydrogen-bond acceptors (Lipinski definition) is 5. The average Bonchev–Trinajstić information content (AvgIpc) is 3.13. The molecule has 1 aliphatic heterocycles. The first-order valence-corrected chi connectivity index (χ1v) is 10.8. The van der Waals surface area contributed by atoms with Crippen LogP contribution in [-0.2, 0) is 16.6 Å². The lowest BCUT2D eigenvalue weighted by atomic mass is 10.1. The number of rotatable bonds is 12. The molecule has 0 unspecified atom stereocenters. The molecule has 148 valence electrons. The summed E-state index contributed by atoms with van der Waals surface area (Å²) in [5, 5.41) is 10.3. The number of nitrogens with zero attached hydrogens (tertiary/aromatic N) is 2. The van der Waals surface area contributed by atoms with Gasteiger partial charge in [-0.1, -0.05) is 62.5 Å². The highest BCUT2D eigenvalue weighted by atomic mass is 32.2. The van der Waals surface area contributed by atoms with Gasteiger partial charge < -0.3 is 14.5 Å². The fourth-order valence-electron chi connectivity index (χ4n) is 3.05. The Hall–Kier alpha value is -1.60. The Morgan fingerprint density at radius 2 is 1.78 bits per heavy atom. The maximum atomic E-state index is 12.5. The Balaban J connectivity index is 1.61. The third-order valence-electron chi connectivity index (χ3n) is 4.54. The number of thioether (sulfide) groups is 1. The van der Waals surface area contributed by atoms with E-state index in [0.717, 1.165) is 50.5 Å². The van der Waals surface area contributed by atoms with Gasteiger partial charge in [-0.3, -0.25) is 9.69 Å². The number of carboxylic acids is 1. The summed E-state index contributed by atoms with van der Waals surface area (Å²) in [5.41, 5.74) is 1.01. The van der Waals surface area contributed by atoms with Crippen molar-refractivity contribution in [3.63, 3.8) is 0 Å². The van der Waals surface area contributed by atoms with Gasteiger partial charge in [0, 0.05) is 32.0 Å². The van der Waals surface area contributed by atoms with Crippen LogP contribution in [-0.4, -0.2) is 32.2 Å². The highest BCUT2D eigenvalue weighted by Gasteiger charge is 2.31. The van der Waals surface area contributed by atoms with Crippen molar-refractivity contribution in [3.05, 3.63) is 28.9 Å². The predicted molar refractivity (Wildman–Crippen MR) is 112 cm³/mol. The molecular formula is C20H27N2O3S2-. The average molecular weight is 408 g/mol. The maximum absolute atomic E-state index is 12.5. The second kappa shape index (κ2) is 11.3. The van der Waals surface area contributed by atoms with E-state index in [9.17, 15) is 14.7 Å². The topological polar surface area (TPSA) is 65.4 Å². The van der Waals surface area contributed by atoms with E-state index in [1.54, 1.807) is 4.90 Å². The number of aromatic nitrogens is 1. The van der Waals surface area contributed by atoms with Gasteiger partial charge >= 0.3 is 0 Å². The zero-order valence-corrected chi connectivity index (χ0v) is 17.4. The predicted octanol–water partition coefficient (Wildman–Crippen LogP) is 3.49. The molecule has 0 radical (unpaired) electrons. The molecule has 5 nitrogen and oxygen atoms in total. The molecular weight excluding hydrogens is 380 g/mol. The molecule has 1 fully saturated rings. The normalized spacial score (nSPS) is 15.9. The highest BCUT2D eigenvalue weighted by molar-refractivity contribution is 8.26. The molecule has 1 aliphatic rings. The van der Waals surface area contributed by atoms with E-state index in [4.69, 9.17) is 12.2 Å². The van der Waals surface area contributed by atoms with Gasteiger partial charge in [0.15, 0.2) is 0 Å². The molecule has 1 saturated heterocycles. The van der Waals surface area contributed by atoms with Crippen molar-refractivity contribution in [2.24, 2.45) is 7.05 Å². The molecule has 27 heavy (non-hydrogen) atoms. The number of unbranched alkanes of at least 4 members (excludes halogenated alkanes) is 7. The molecule has 0 saturated carbocycles. The molecule has 2 heterocycles. The van der Waals surface area contributed by atoms with E-state index in [0.29, 0.717) is 22.2 Å². The van der Waals surface area contributed by atoms with E-state index in [1.807, 2.05) is 36.2 Å². The second-order valence-corrected chi connectivity index (χ2v) is 8.57. The number of carbonyl (C=O) groups is 2. The number of thiocarbonyl (C=S) groups is 1. The summed E-state index contributed by atoms with van der Waals surface area (Å²) in [6.45, 7) is 0.683. The molecule has 0 spiro atoms. The van der Waals surface area contributed by atoms with Crippen LogP contribution in [0.4, 0.5) is 0 Å². The number of aryl methyl sites for hydroxylation is 1. The smallest absolute Gasteiger partial charge is 0.266 e. The van der Waals surface area contributed by atoms with Gasteiger partial charge in [-0.25, -0.2) is 0 Å². The minimum Gasteiger partial charge on any atom is -0.550 e. The molecule has 2 rings (SSSR count). The number of hydrogen-bond donors (Lipinski definition) is 0. The lowest BCUT2D eigenvalue weighted by Crippen LogP contribution is -2.29. The molecule has 0 bridgehead atoms. The van der Waals surface area contributed by atoms with Crippen LogP contribution in [0.1, 0.15) is 63.4 Å². The van der Waals surface area contributed by atoms with Crippen molar-refractivity contribution in [3.8, 4) is 0 Å². The molecule has 1 aromatic rings. The van der Waals surface area contributed by atoms with Crippen LogP contribution in [0, 0.1) is 0 Å².